The largest absolute Gasteiger partial charge is 0.416 e. The molecular formula is C13H18F4N2. The van der Waals surface area contributed by atoms with E-state index in [1.807, 2.05) is 13.8 Å². The SMILES string of the molecule is CC(C)C(CN)NCc1cc(C(F)(F)F)ccc1F. The molecule has 1 atom stereocenters. The minimum Gasteiger partial charge on any atom is -0.329 e. The molecule has 6 heteroatoms. The van der Waals surface area contributed by atoms with Crippen molar-refractivity contribution >= 4 is 0 Å². The molecule has 0 spiro atoms. The first kappa shape index (κ1) is 15.9. The summed E-state index contributed by atoms with van der Waals surface area (Å²) in [5.41, 5.74) is 4.69. The van der Waals surface area contributed by atoms with Gasteiger partial charge in [0.2, 0.25) is 0 Å². The van der Waals surface area contributed by atoms with Gasteiger partial charge in [-0.2, -0.15) is 13.2 Å². The van der Waals surface area contributed by atoms with Crippen LogP contribution in [-0.2, 0) is 12.7 Å². The highest BCUT2D eigenvalue weighted by molar-refractivity contribution is 5.27. The lowest BCUT2D eigenvalue weighted by molar-refractivity contribution is -0.137. The quantitative estimate of drug-likeness (QED) is 0.813. The zero-order chi connectivity index (χ0) is 14.6. The van der Waals surface area contributed by atoms with Gasteiger partial charge in [-0.1, -0.05) is 13.8 Å². The standard InChI is InChI=1S/C13H18F4N2/c1-8(2)12(6-18)19-7-9-5-10(13(15,16)17)3-4-11(9)14/h3-5,8,12,19H,6-7,18H2,1-2H3. The number of nitrogens with one attached hydrogen (secondary N) is 1. The van der Waals surface area contributed by atoms with Crippen molar-refractivity contribution in [2.75, 3.05) is 6.54 Å². The van der Waals surface area contributed by atoms with Crippen molar-refractivity contribution in [2.45, 2.75) is 32.6 Å². The lowest BCUT2D eigenvalue weighted by Gasteiger charge is -2.21. The number of halogens is 4. The van der Waals surface area contributed by atoms with Crippen molar-refractivity contribution in [1.82, 2.24) is 5.32 Å². The normalized spacial score (nSPS) is 13.9. The van der Waals surface area contributed by atoms with Crippen LogP contribution in [0.3, 0.4) is 0 Å². The molecule has 0 aliphatic heterocycles. The number of nitrogens with two attached hydrogens (primary N) is 1. The fourth-order valence-electron chi connectivity index (χ4n) is 1.72. The van der Waals surface area contributed by atoms with Crippen LogP contribution in [0.15, 0.2) is 18.2 Å². The third-order valence-corrected chi connectivity index (χ3v) is 2.99. The highest BCUT2D eigenvalue weighted by atomic mass is 19.4. The lowest BCUT2D eigenvalue weighted by Crippen LogP contribution is -2.39. The second-order valence-electron chi connectivity index (χ2n) is 4.77. The van der Waals surface area contributed by atoms with Crippen LogP contribution in [0.5, 0.6) is 0 Å². The summed E-state index contributed by atoms with van der Waals surface area (Å²) in [5, 5.41) is 2.97. The summed E-state index contributed by atoms with van der Waals surface area (Å²) in [5.74, 6) is -0.432. The summed E-state index contributed by atoms with van der Waals surface area (Å²) in [7, 11) is 0. The van der Waals surface area contributed by atoms with E-state index >= 15 is 0 Å². The smallest absolute Gasteiger partial charge is 0.329 e. The van der Waals surface area contributed by atoms with E-state index in [0.29, 0.717) is 6.54 Å². The summed E-state index contributed by atoms with van der Waals surface area (Å²) in [6, 6.07) is 2.35. The molecule has 0 saturated carbocycles. The molecule has 0 aliphatic carbocycles. The lowest BCUT2D eigenvalue weighted by atomic mass is 10.0. The molecule has 0 aromatic heterocycles. The minimum atomic E-state index is -4.46. The van der Waals surface area contributed by atoms with Crippen LogP contribution in [-0.4, -0.2) is 12.6 Å². The van der Waals surface area contributed by atoms with Gasteiger partial charge in [-0.05, 0) is 24.1 Å². The summed E-state index contributed by atoms with van der Waals surface area (Å²) in [6.45, 7) is 4.24. The van der Waals surface area contributed by atoms with Crippen LogP contribution in [0.1, 0.15) is 25.0 Å². The molecular weight excluding hydrogens is 260 g/mol. The van der Waals surface area contributed by atoms with Gasteiger partial charge in [0.1, 0.15) is 5.82 Å². The Balaban J connectivity index is 2.83. The average molecular weight is 278 g/mol. The van der Waals surface area contributed by atoms with Gasteiger partial charge in [0, 0.05) is 24.7 Å². The number of hydrogen-bond donors (Lipinski definition) is 2. The first-order valence-electron chi connectivity index (χ1n) is 6.04. The first-order valence-corrected chi connectivity index (χ1v) is 6.04. The van der Waals surface area contributed by atoms with E-state index < -0.39 is 17.6 Å². The van der Waals surface area contributed by atoms with Gasteiger partial charge in [0.25, 0.3) is 0 Å². The molecule has 0 saturated heterocycles. The van der Waals surface area contributed by atoms with E-state index in [2.05, 4.69) is 5.32 Å². The Morgan fingerprint density at radius 2 is 1.89 bits per heavy atom. The number of hydrogen-bond acceptors (Lipinski definition) is 2. The van der Waals surface area contributed by atoms with Crippen molar-refractivity contribution < 1.29 is 17.6 Å². The Kier molecular flexibility index (Phi) is 5.31. The maximum absolute atomic E-state index is 13.5. The van der Waals surface area contributed by atoms with Crippen molar-refractivity contribution in [3.05, 3.63) is 35.1 Å². The van der Waals surface area contributed by atoms with Gasteiger partial charge in [-0.15, -0.1) is 0 Å². The highest BCUT2D eigenvalue weighted by Gasteiger charge is 2.31. The van der Waals surface area contributed by atoms with E-state index in [9.17, 15) is 17.6 Å². The molecule has 2 nitrogen and oxygen atoms in total. The van der Waals surface area contributed by atoms with Crippen LogP contribution < -0.4 is 11.1 Å². The summed E-state index contributed by atoms with van der Waals surface area (Å²) < 4.78 is 51.1. The summed E-state index contributed by atoms with van der Waals surface area (Å²) in [6.07, 6.45) is -4.46. The molecule has 0 heterocycles. The van der Waals surface area contributed by atoms with Gasteiger partial charge >= 0.3 is 6.18 Å². The number of benzene rings is 1. The second kappa shape index (κ2) is 6.34. The van der Waals surface area contributed by atoms with E-state index in [0.717, 1.165) is 18.2 Å². The number of alkyl halides is 3. The van der Waals surface area contributed by atoms with Crippen molar-refractivity contribution in [3.8, 4) is 0 Å². The third-order valence-electron chi connectivity index (χ3n) is 2.99. The van der Waals surface area contributed by atoms with E-state index in [1.54, 1.807) is 0 Å². The van der Waals surface area contributed by atoms with Crippen LogP contribution in [0, 0.1) is 11.7 Å². The molecule has 0 aliphatic rings. The monoisotopic (exact) mass is 278 g/mol. The van der Waals surface area contributed by atoms with Gasteiger partial charge in [-0.25, -0.2) is 4.39 Å². The maximum Gasteiger partial charge on any atom is 0.416 e. The Hall–Kier alpha value is -1.14. The van der Waals surface area contributed by atoms with Gasteiger partial charge < -0.3 is 11.1 Å². The van der Waals surface area contributed by atoms with Crippen LogP contribution in [0.2, 0.25) is 0 Å². The van der Waals surface area contributed by atoms with E-state index in [4.69, 9.17) is 5.73 Å². The molecule has 1 unspecified atom stereocenters. The zero-order valence-electron chi connectivity index (χ0n) is 10.9. The molecule has 108 valence electrons. The Bertz CT molecular complexity index is 416. The highest BCUT2D eigenvalue weighted by Crippen LogP contribution is 2.30. The molecule has 0 radical (unpaired) electrons. The predicted octanol–water partition coefficient (Wildman–Crippen LogP) is 2.92. The maximum atomic E-state index is 13.5. The fourth-order valence-corrected chi connectivity index (χ4v) is 1.72. The van der Waals surface area contributed by atoms with Crippen LogP contribution >= 0.6 is 0 Å². The topological polar surface area (TPSA) is 38.0 Å². The van der Waals surface area contributed by atoms with Gasteiger partial charge in [0.15, 0.2) is 0 Å². The summed E-state index contributed by atoms with van der Waals surface area (Å²) in [4.78, 5) is 0. The fraction of sp³-hybridized carbons (Fsp3) is 0.538. The minimum absolute atomic E-state index is 0.00562. The molecule has 0 fully saturated rings. The molecule has 1 aromatic carbocycles. The Labute approximate surface area is 110 Å². The van der Waals surface area contributed by atoms with Crippen molar-refractivity contribution in [2.24, 2.45) is 11.7 Å². The average Bonchev–Trinajstić information content (AvgIpc) is 2.30. The Morgan fingerprint density at radius 3 is 2.37 bits per heavy atom. The number of rotatable bonds is 5. The Morgan fingerprint density at radius 1 is 1.26 bits per heavy atom. The molecule has 1 aromatic rings. The van der Waals surface area contributed by atoms with Crippen LogP contribution in [0.25, 0.3) is 0 Å². The molecule has 19 heavy (non-hydrogen) atoms. The van der Waals surface area contributed by atoms with Gasteiger partial charge in [-0.3, -0.25) is 0 Å². The molecule has 1 rings (SSSR count). The van der Waals surface area contributed by atoms with E-state index in [-0.39, 0.29) is 24.1 Å². The van der Waals surface area contributed by atoms with Gasteiger partial charge in [0.05, 0.1) is 5.56 Å². The predicted molar refractivity (Wildman–Crippen MR) is 65.9 cm³/mol. The van der Waals surface area contributed by atoms with E-state index in [1.165, 1.54) is 0 Å². The van der Waals surface area contributed by atoms with Crippen molar-refractivity contribution in [1.29, 1.82) is 0 Å². The molecule has 0 amide bonds. The van der Waals surface area contributed by atoms with Crippen molar-refractivity contribution in [3.63, 3.8) is 0 Å². The molecule has 3 N–H and O–H groups in total. The summed E-state index contributed by atoms with van der Waals surface area (Å²) >= 11 is 0. The second-order valence-corrected chi connectivity index (χ2v) is 4.77. The first-order chi connectivity index (χ1) is 8.75. The third kappa shape index (κ3) is 4.47. The van der Waals surface area contributed by atoms with Crippen LogP contribution in [0.4, 0.5) is 17.6 Å². The molecule has 0 bridgehead atoms. The zero-order valence-corrected chi connectivity index (χ0v) is 10.9.